The van der Waals surface area contributed by atoms with Gasteiger partial charge in [0.15, 0.2) is 0 Å². The third kappa shape index (κ3) is 6.06. The number of fused-ring (bicyclic) bond motifs is 1. The van der Waals surface area contributed by atoms with Gasteiger partial charge in [0.2, 0.25) is 0 Å². The molecule has 0 spiro atoms. The summed E-state index contributed by atoms with van der Waals surface area (Å²) >= 11 is 3.40. The van der Waals surface area contributed by atoms with Crippen molar-refractivity contribution < 1.29 is 9.53 Å². The number of benzene rings is 3. The molecule has 0 radical (unpaired) electrons. The molecule has 34 heavy (non-hydrogen) atoms. The highest BCUT2D eigenvalue weighted by atomic mass is 79.9. The Hall–Kier alpha value is -3.12. The third-order valence-electron chi connectivity index (χ3n) is 5.84. The lowest BCUT2D eigenvalue weighted by Gasteiger charge is -2.12. The Bertz CT molecular complexity index is 1260. The number of para-hydroxylation sites is 2. The Morgan fingerprint density at radius 3 is 2.62 bits per heavy atom. The van der Waals surface area contributed by atoms with E-state index in [1.165, 1.54) is 11.1 Å². The quantitative estimate of drug-likeness (QED) is 0.252. The highest BCUT2D eigenvalue weighted by Gasteiger charge is 2.11. The Balaban J connectivity index is 1.33. The van der Waals surface area contributed by atoms with Gasteiger partial charge in [0, 0.05) is 29.5 Å². The number of aromatic nitrogens is 2. The summed E-state index contributed by atoms with van der Waals surface area (Å²) < 4.78 is 9.23. The third-order valence-corrected chi connectivity index (χ3v) is 6.37. The maximum absolute atomic E-state index is 12.4. The first-order valence-corrected chi connectivity index (χ1v) is 12.5. The lowest BCUT2D eigenvalue weighted by molar-refractivity contribution is 0.0954. The summed E-state index contributed by atoms with van der Waals surface area (Å²) in [6.07, 6.45) is 2.62. The average molecular weight is 520 g/mol. The number of unbranched alkanes of at least 4 members (excludes halogenated alkanes) is 1. The largest absolute Gasteiger partial charge is 0.493 e. The first-order chi connectivity index (χ1) is 16.5. The van der Waals surface area contributed by atoms with E-state index in [9.17, 15) is 4.79 Å². The molecular weight excluding hydrogens is 490 g/mol. The van der Waals surface area contributed by atoms with Crippen molar-refractivity contribution in [3.8, 4) is 5.75 Å². The van der Waals surface area contributed by atoms with Crippen LogP contribution >= 0.6 is 15.9 Å². The van der Waals surface area contributed by atoms with Crippen LogP contribution in [0, 0.1) is 13.8 Å². The molecule has 5 nitrogen and oxygen atoms in total. The molecule has 0 atom stereocenters. The van der Waals surface area contributed by atoms with Crippen LogP contribution in [0.3, 0.4) is 0 Å². The molecule has 1 heterocycles. The number of ether oxygens (including phenoxy) is 1. The Kier molecular flexibility index (Phi) is 8.01. The molecule has 6 heteroatoms. The van der Waals surface area contributed by atoms with Gasteiger partial charge in [0.25, 0.3) is 5.91 Å². The van der Waals surface area contributed by atoms with E-state index in [2.05, 4.69) is 63.9 Å². The smallest absolute Gasteiger partial charge is 0.251 e. The van der Waals surface area contributed by atoms with E-state index < -0.39 is 0 Å². The van der Waals surface area contributed by atoms with Crippen molar-refractivity contribution in [2.45, 2.75) is 39.7 Å². The topological polar surface area (TPSA) is 56.1 Å². The molecule has 0 fully saturated rings. The van der Waals surface area contributed by atoms with Crippen LogP contribution in [0.15, 0.2) is 71.2 Å². The molecule has 0 bridgehead atoms. The fourth-order valence-electron chi connectivity index (χ4n) is 4.07. The van der Waals surface area contributed by atoms with Crippen molar-refractivity contribution in [2.75, 3.05) is 13.2 Å². The second kappa shape index (κ2) is 11.3. The maximum atomic E-state index is 12.4. The average Bonchev–Trinajstić information content (AvgIpc) is 3.18. The monoisotopic (exact) mass is 519 g/mol. The Morgan fingerprint density at radius 1 is 1.03 bits per heavy atom. The van der Waals surface area contributed by atoms with Gasteiger partial charge in [-0.25, -0.2) is 4.98 Å². The zero-order valence-corrected chi connectivity index (χ0v) is 21.3. The molecule has 4 aromatic rings. The molecule has 0 saturated carbocycles. The van der Waals surface area contributed by atoms with E-state index in [0.717, 1.165) is 46.5 Å². The van der Waals surface area contributed by atoms with Gasteiger partial charge in [0.05, 0.1) is 17.6 Å². The standard InChI is InChI=1S/C28H30BrN3O2/c1-20-9-14-26(21(2)19-20)34-18-6-5-17-32-25-8-4-3-7-24(25)31-27(32)15-16-30-28(33)22-10-12-23(29)13-11-22/h3-4,7-14,19H,5-6,15-18H2,1-2H3,(H,30,33). The van der Waals surface area contributed by atoms with E-state index in [-0.39, 0.29) is 5.91 Å². The molecular formula is C28H30BrN3O2. The molecule has 1 amide bonds. The fraction of sp³-hybridized carbons (Fsp3) is 0.286. The van der Waals surface area contributed by atoms with Gasteiger partial charge in [-0.05, 0) is 74.7 Å². The number of rotatable bonds is 10. The summed E-state index contributed by atoms with van der Waals surface area (Å²) in [7, 11) is 0. The highest BCUT2D eigenvalue weighted by molar-refractivity contribution is 9.10. The second-order valence-corrected chi connectivity index (χ2v) is 9.42. The van der Waals surface area contributed by atoms with Crippen molar-refractivity contribution in [3.63, 3.8) is 0 Å². The van der Waals surface area contributed by atoms with E-state index in [0.29, 0.717) is 25.1 Å². The fourth-order valence-corrected chi connectivity index (χ4v) is 4.34. The summed E-state index contributed by atoms with van der Waals surface area (Å²) in [5.74, 6) is 1.88. The van der Waals surface area contributed by atoms with E-state index in [1.807, 2.05) is 42.5 Å². The van der Waals surface area contributed by atoms with Crippen LogP contribution in [-0.2, 0) is 13.0 Å². The predicted molar refractivity (Wildman–Crippen MR) is 141 cm³/mol. The van der Waals surface area contributed by atoms with E-state index >= 15 is 0 Å². The molecule has 176 valence electrons. The molecule has 3 aromatic carbocycles. The van der Waals surface area contributed by atoms with Gasteiger partial charge in [0.1, 0.15) is 11.6 Å². The molecule has 4 rings (SSSR count). The summed E-state index contributed by atoms with van der Waals surface area (Å²) in [6, 6.07) is 21.9. The number of halogens is 1. The molecule has 0 aliphatic heterocycles. The van der Waals surface area contributed by atoms with Gasteiger partial charge < -0.3 is 14.6 Å². The number of aryl methyl sites for hydroxylation is 3. The normalized spacial score (nSPS) is 11.0. The number of imidazole rings is 1. The molecule has 0 saturated heterocycles. The van der Waals surface area contributed by atoms with Crippen molar-refractivity contribution in [2.24, 2.45) is 0 Å². The molecule has 0 aliphatic rings. The lowest BCUT2D eigenvalue weighted by atomic mass is 10.1. The molecule has 0 unspecified atom stereocenters. The minimum Gasteiger partial charge on any atom is -0.493 e. The van der Waals surface area contributed by atoms with Crippen LogP contribution in [0.25, 0.3) is 11.0 Å². The molecule has 1 aromatic heterocycles. The highest BCUT2D eigenvalue weighted by Crippen LogP contribution is 2.20. The SMILES string of the molecule is Cc1ccc(OCCCCn2c(CCNC(=O)c3ccc(Br)cc3)nc3ccccc32)c(C)c1. The number of nitrogens with zero attached hydrogens (tertiary/aromatic N) is 2. The van der Waals surface area contributed by atoms with E-state index in [1.54, 1.807) is 0 Å². The predicted octanol–water partition coefficient (Wildman–Crippen LogP) is 6.25. The Labute approximate surface area is 209 Å². The van der Waals surface area contributed by atoms with Gasteiger partial charge >= 0.3 is 0 Å². The summed E-state index contributed by atoms with van der Waals surface area (Å²) in [4.78, 5) is 17.3. The van der Waals surface area contributed by atoms with Crippen LogP contribution < -0.4 is 10.1 Å². The van der Waals surface area contributed by atoms with E-state index in [4.69, 9.17) is 9.72 Å². The number of carbonyl (C=O) groups is 1. The van der Waals surface area contributed by atoms with Crippen molar-refractivity contribution in [3.05, 3.63) is 93.7 Å². The number of amides is 1. The first-order valence-electron chi connectivity index (χ1n) is 11.7. The zero-order valence-electron chi connectivity index (χ0n) is 19.7. The molecule has 1 N–H and O–H groups in total. The molecule has 0 aliphatic carbocycles. The summed E-state index contributed by atoms with van der Waals surface area (Å²) in [5.41, 5.74) is 5.20. The minimum atomic E-state index is -0.0706. The zero-order chi connectivity index (χ0) is 23.9. The van der Waals surface area contributed by atoms with Crippen LogP contribution in [0.5, 0.6) is 5.75 Å². The number of nitrogens with one attached hydrogen (secondary N) is 1. The summed E-state index contributed by atoms with van der Waals surface area (Å²) in [5, 5.41) is 3.01. The van der Waals surface area contributed by atoms with Crippen LogP contribution in [0.1, 0.15) is 40.2 Å². The van der Waals surface area contributed by atoms with Gasteiger partial charge in [-0.3, -0.25) is 4.79 Å². The first kappa shape index (κ1) is 24.0. The van der Waals surface area contributed by atoms with Crippen molar-refractivity contribution >= 4 is 32.9 Å². The van der Waals surface area contributed by atoms with Crippen LogP contribution in [-0.4, -0.2) is 28.6 Å². The van der Waals surface area contributed by atoms with Gasteiger partial charge in [-0.2, -0.15) is 0 Å². The Morgan fingerprint density at radius 2 is 1.82 bits per heavy atom. The number of hydrogen-bond acceptors (Lipinski definition) is 3. The number of carbonyl (C=O) groups excluding carboxylic acids is 1. The summed E-state index contributed by atoms with van der Waals surface area (Å²) in [6.45, 7) is 6.27. The second-order valence-electron chi connectivity index (χ2n) is 8.51. The van der Waals surface area contributed by atoms with Crippen LogP contribution in [0.2, 0.25) is 0 Å². The van der Waals surface area contributed by atoms with Gasteiger partial charge in [-0.1, -0.05) is 45.8 Å². The maximum Gasteiger partial charge on any atom is 0.251 e. The van der Waals surface area contributed by atoms with Crippen molar-refractivity contribution in [1.29, 1.82) is 0 Å². The van der Waals surface area contributed by atoms with Crippen LogP contribution in [0.4, 0.5) is 0 Å². The minimum absolute atomic E-state index is 0.0706. The van der Waals surface area contributed by atoms with Gasteiger partial charge in [-0.15, -0.1) is 0 Å². The lowest BCUT2D eigenvalue weighted by Crippen LogP contribution is -2.26. The number of hydrogen-bond donors (Lipinski definition) is 1. The van der Waals surface area contributed by atoms with Crippen molar-refractivity contribution in [1.82, 2.24) is 14.9 Å².